The van der Waals surface area contributed by atoms with Gasteiger partial charge in [0, 0.05) is 38.1 Å². The predicted molar refractivity (Wildman–Crippen MR) is 107 cm³/mol. The zero-order valence-electron chi connectivity index (χ0n) is 15.4. The van der Waals surface area contributed by atoms with E-state index in [9.17, 15) is 4.79 Å². The molecule has 3 rings (SSSR count). The summed E-state index contributed by atoms with van der Waals surface area (Å²) in [6, 6.07) is 10.3. The van der Waals surface area contributed by atoms with Gasteiger partial charge >= 0.3 is 6.03 Å². The molecule has 6 heteroatoms. The Hall–Kier alpha value is -2.18. The van der Waals surface area contributed by atoms with Crippen LogP contribution in [0, 0.1) is 6.92 Å². The molecule has 2 aromatic rings. The molecule has 2 amide bonds. The monoisotopic (exact) mass is 370 g/mol. The third kappa shape index (κ3) is 5.16. The molecule has 26 heavy (non-hydrogen) atoms. The van der Waals surface area contributed by atoms with Crippen LogP contribution in [0.5, 0.6) is 0 Å². The molecule has 0 radical (unpaired) electrons. The van der Waals surface area contributed by atoms with Crippen LogP contribution in [0.15, 0.2) is 41.8 Å². The van der Waals surface area contributed by atoms with Crippen molar-refractivity contribution in [2.45, 2.75) is 19.9 Å². The Morgan fingerprint density at radius 3 is 2.65 bits per heavy atom. The van der Waals surface area contributed by atoms with E-state index in [-0.39, 0.29) is 12.1 Å². The number of aromatic nitrogens is 1. The maximum absolute atomic E-state index is 12.5. The van der Waals surface area contributed by atoms with Gasteiger partial charge in [-0.25, -0.2) is 9.78 Å². The highest BCUT2D eigenvalue weighted by Crippen LogP contribution is 2.16. The second kappa shape index (κ2) is 8.96. The highest BCUT2D eigenvalue weighted by molar-refractivity contribution is 7.09. The first-order valence-corrected chi connectivity index (χ1v) is 9.91. The molecule has 0 saturated carbocycles. The Morgan fingerprint density at radius 1 is 1.27 bits per heavy atom. The fourth-order valence-corrected chi connectivity index (χ4v) is 3.67. The summed E-state index contributed by atoms with van der Waals surface area (Å²) in [5, 5.41) is 6.09. The van der Waals surface area contributed by atoms with Gasteiger partial charge in [0.1, 0.15) is 0 Å². The normalized spacial score (nSPS) is 16.8. The summed E-state index contributed by atoms with van der Waals surface area (Å²) in [5.41, 5.74) is 2.15. The number of carbonyl (C=O) groups is 1. The molecule has 0 unspecified atom stereocenters. The predicted octanol–water partition coefficient (Wildman–Crippen LogP) is 3.55. The van der Waals surface area contributed by atoms with Gasteiger partial charge < -0.3 is 10.2 Å². The lowest BCUT2D eigenvalue weighted by molar-refractivity contribution is 0.145. The molecule has 1 saturated heterocycles. The summed E-state index contributed by atoms with van der Waals surface area (Å²) in [6.45, 7) is 8.19. The molecular weight excluding hydrogens is 344 g/mol. The largest absolute Gasteiger partial charge is 0.330 e. The summed E-state index contributed by atoms with van der Waals surface area (Å²) in [7, 11) is 0. The standard InChI is InChI=1S/C20H26N4OS/c1-16(19-15-26-17(2)22-19)21-20(25)24-13-11-23(12-14-24)10-6-9-18-7-4-3-5-8-18/h3-9,15-16H,10-14H2,1-2H3,(H,21,25)/b9-6+/t16-/m1/s1. The topological polar surface area (TPSA) is 48.5 Å². The van der Waals surface area contributed by atoms with Crippen LogP contribution in [-0.4, -0.2) is 53.5 Å². The number of piperazine rings is 1. The van der Waals surface area contributed by atoms with Crippen molar-refractivity contribution in [2.24, 2.45) is 0 Å². The maximum atomic E-state index is 12.5. The second-order valence-electron chi connectivity index (χ2n) is 6.56. The Bertz CT molecular complexity index is 735. The Balaban J connectivity index is 1.41. The number of urea groups is 1. The Morgan fingerprint density at radius 2 is 2.00 bits per heavy atom. The number of benzene rings is 1. The van der Waals surface area contributed by atoms with Crippen LogP contribution in [0.2, 0.25) is 0 Å². The third-order valence-corrected chi connectivity index (χ3v) is 5.35. The van der Waals surface area contributed by atoms with Crippen LogP contribution in [0.1, 0.15) is 29.2 Å². The lowest BCUT2D eigenvalue weighted by Gasteiger charge is -2.34. The molecule has 1 aromatic carbocycles. The zero-order valence-corrected chi connectivity index (χ0v) is 16.2. The molecule has 138 valence electrons. The van der Waals surface area contributed by atoms with Gasteiger partial charge in [-0.05, 0) is 19.4 Å². The van der Waals surface area contributed by atoms with Gasteiger partial charge in [0.05, 0.1) is 16.7 Å². The van der Waals surface area contributed by atoms with Crippen molar-refractivity contribution >= 4 is 23.4 Å². The number of hydrogen-bond acceptors (Lipinski definition) is 4. The molecular formula is C20H26N4OS. The number of carbonyl (C=O) groups excluding carboxylic acids is 1. The van der Waals surface area contributed by atoms with E-state index in [0.29, 0.717) is 0 Å². The molecule has 0 aliphatic carbocycles. The van der Waals surface area contributed by atoms with Gasteiger partial charge in [0.15, 0.2) is 0 Å². The molecule has 1 aromatic heterocycles. The van der Waals surface area contributed by atoms with Gasteiger partial charge in [-0.1, -0.05) is 42.5 Å². The molecule has 0 spiro atoms. The highest BCUT2D eigenvalue weighted by Gasteiger charge is 2.22. The first kappa shape index (κ1) is 18.6. The quantitative estimate of drug-likeness (QED) is 0.876. The number of aryl methyl sites for hydroxylation is 1. The van der Waals surface area contributed by atoms with Gasteiger partial charge in [0.25, 0.3) is 0 Å². The summed E-state index contributed by atoms with van der Waals surface area (Å²) in [4.78, 5) is 21.2. The Labute approximate surface area is 159 Å². The molecule has 1 atom stereocenters. The van der Waals surface area contributed by atoms with E-state index in [1.807, 2.05) is 42.3 Å². The fourth-order valence-electron chi connectivity index (χ4n) is 2.97. The second-order valence-corrected chi connectivity index (χ2v) is 7.63. The van der Waals surface area contributed by atoms with Gasteiger partial charge in [-0.3, -0.25) is 4.90 Å². The first-order valence-electron chi connectivity index (χ1n) is 9.03. The SMILES string of the molecule is Cc1nc([C@@H](C)NC(=O)N2CCN(C/C=C/c3ccccc3)CC2)cs1. The number of nitrogens with one attached hydrogen (secondary N) is 1. The minimum absolute atomic E-state index is 0.00244. The smallest absolute Gasteiger partial charge is 0.318 e. The van der Waals surface area contributed by atoms with Crippen LogP contribution in [0.3, 0.4) is 0 Å². The summed E-state index contributed by atoms with van der Waals surface area (Å²) < 4.78 is 0. The Kier molecular flexibility index (Phi) is 6.41. The number of nitrogens with zero attached hydrogens (tertiary/aromatic N) is 3. The van der Waals surface area contributed by atoms with Crippen molar-refractivity contribution in [1.29, 1.82) is 0 Å². The molecule has 5 nitrogen and oxygen atoms in total. The number of amides is 2. The minimum Gasteiger partial charge on any atom is -0.330 e. The van der Waals surface area contributed by atoms with E-state index >= 15 is 0 Å². The number of rotatable bonds is 5. The van der Waals surface area contributed by atoms with Gasteiger partial charge in [-0.15, -0.1) is 11.3 Å². The fraction of sp³-hybridized carbons (Fsp3) is 0.400. The van der Waals surface area contributed by atoms with E-state index in [2.05, 4.69) is 39.5 Å². The molecule has 1 N–H and O–H groups in total. The van der Waals surface area contributed by atoms with Gasteiger partial charge in [-0.2, -0.15) is 0 Å². The maximum Gasteiger partial charge on any atom is 0.318 e. The van der Waals surface area contributed by atoms with E-state index in [4.69, 9.17) is 0 Å². The van der Waals surface area contributed by atoms with Gasteiger partial charge in [0.2, 0.25) is 0 Å². The molecule has 1 aliphatic rings. The van der Waals surface area contributed by atoms with Crippen LogP contribution < -0.4 is 5.32 Å². The minimum atomic E-state index is -0.0562. The van der Waals surface area contributed by atoms with Crippen LogP contribution in [0.25, 0.3) is 6.08 Å². The summed E-state index contributed by atoms with van der Waals surface area (Å²) in [5.74, 6) is 0. The molecule has 0 bridgehead atoms. The summed E-state index contributed by atoms with van der Waals surface area (Å²) >= 11 is 1.61. The molecule has 1 aliphatic heterocycles. The number of thiazole rings is 1. The van der Waals surface area contributed by atoms with Crippen molar-refractivity contribution in [3.63, 3.8) is 0 Å². The average molecular weight is 371 g/mol. The van der Waals surface area contributed by atoms with Crippen molar-refractivity contribution in [2.75, 3.05) is 32.7 Å². The third-order valence-electron chi connectivity index (χ3n) is 4.55. The van der Waals surface area contributed by atoms with Crippen LogP contribution >= 0.6 is 11.3 Å². The lowest BCUT2D eigenvalue weighted by atomic mass is 10.2. The highest BCUT2D eigenvalue weighted by atomic mass is 32.1. The van der Waals surface area contributed by atoms with Crippen molar-refractivity contribution < 1.29 is 4.79 Å². The lowest BCUT2D eigenvalue weighted by Crippen LogP contribution is -2.52. The van der Waals surface area contributed by atoms with Crippen LogP contribution in [0.4, 0.5) is 4.79 Å². The number of hydrogen-bond donors (Lipinski definition) is 1. The zero-order chi connectivity index (χ0) is 18.4. The molecule has 1 fully saturated rings. The summed E-state index contributed by atoms with van der Waals surface area (Å²) in [6.07, 6.45) is 4.34. The van der Waals surface area contributed by atoms with E-state index in [0.717, 1.165) is 43.4 Å². The average Bonchev–Trinajstić information content (AvgIpc) is 3.10. The first-order chi connectivity index (χ1) is 12.6. The van der Waals surface area contributed by atoms with E-state index < -0.39 is 0 Å². The van der Waals surface area contributed by atoms with E-state index in [1.54, 1.807) is 11.3 Å². The van der Waals surface area contributed by atoms with Crippen molar-refractivity contribution in [1.82, 2.24) is 20.1 Å². The van der Waals surface area contributed by atoms with Crippen molar-refractivity contribution in [3.8, 4) is 0 Å². The van der Waals surface area contributed by atoms with Crippen molar-refractivity contribution in [3.05, 3.63) is 58.1 Å². The van der Waals surface area contributed by atoms with Crippen LogP contribution in [-0.2, 0) is 0 Å². The van der Waals surface area contributed by atoms with E-state index in [1.165, 1.54) is 5.56 Å². The molecule has 2 heterocycles.